The van der Waals surface area contributed by atoms with E-state index in [2.05, 4.69) is 5.10 Å². The van der Waals surface area contributed by atoms with E-state index in [-0.39, 0.29) is 25.3 Å². The van der Waals surface area contributed by atoms with Crippen LogP contribution in [-0.2, 0) is 15.7 Å². The predicted molar refractivity (Wildman–Crippen MR) is 146 cm³/mol. The Kier molecular flexibility index (Phi) is 9.28. The summed E-state index contributed by atoms with van der Waals surface area (Å²) in [6.07, 6.45) is -4.10. The maximum atomic E-state index is 13.7. The minimum Gasteiger partial charge on any atom is -0.497 e. The summed E-state index contributed by atoms with van der Waals surface area (Å²) in [4.78, 5) is 28.3. The molecular formula is C30H30F3N3O5. The number of benzene rings is 3. The molecule has 0 aromatic heterocycles. The average Bonchev–Trinajstić information content (AvgIpc) is 3.44. The highest BCUT2D eigenvalue weighted by Gasteiger charge is 2.35. The molecule has 0 fully saturated rings. The molecule has 0 aliphatic carbocycles. The van der Waals surface area contributed by atoms with Gasteiger partial charge in [-0.05, 0) is 71.8 Å². The molecule has 8 nitrogen and oxygen atoms in total. The van der Waals surface area contributed by atoms with E-state index >= 15 is 0 Å². The summed E-state index contributed by atoms with van der Waals surface area (Å²) in [6, 6.07) is 18.1. The topological polar surface area (TPSA) is 80.7 Å². The minimum absolute atomic E-state index is 0.0254. The Morgan fingerprint density at radius 1 is 0.902 bits per heavy atom. The molecule has 2 amide bonds. The molecule has 41 heavy (non-hydrogen) atoms. The number of hydrazone groups is 1. The Labute approximate surface area is 235 Å². The van der Waals surface area contributed by atoms with Gasteiger partial charge in [-0.1, -0.05) is 12.1 Å². The van der Waals surface area contributed by atoms with Crippen LogP contribution >= 0.6 is 0 Å². The van der Waals surface area contributed by atoms with E-state index in [4.69, 9.17) is 14.2 Å². The van der Waals surface area contributed by atoms with Crippen molar-refractivity contribution in [1.29, 1.82) is 0 Å². The van der Waals surface area contributed by atoms with Crippen LogP contribution in [0, 0.1) is 0 Å². The molecule has 3 aromatic carbocycles. The van der Waals surface area contributed by atoms with Gasteiger partial charge in [0.05, 0.1) is 38.1 Å². The fourth-order valence-electron chi connectivity index (χ4n) is 4.46. The largest absolute Gasteiger partial charge is 0.497 e. The molecule has 11 heteroatoms. The van der Waals surface area contributed by atoms with Crippen LogP contribution in [0.25, 0.3) is 0 Å². The van der Waals surface area contributed by atoms with E-state index < -0.39 is 29.6 Å². The smallest absolute Gasteiger partial charge is 0.416 e. The SMILES string of the molecule is COCCN(CC(=O)N1N=C(c2ccc(OC)cc2)CC1c1ccc(OC)cc1)C(=O)c1ccc(C(F)(F)F)cc1. The fourth-order valence-corrected chi connectivity index (χ4v) is 4.46. The number of ether oxygens (including phenoxy) is 3. The van der Waals surface area contributed by atoms with Crippen molar-refractivity contribution in [1.82, 2.24) is 9.91 Å². The number of halogens is 3. The van der Waals surface area contributed by atoms with Crippen LogP contribution in [0.4, 0.5) is 13.2 Å². The highest BCUT2D eigenvalue weighted by atomic mass is 19.4. The van der Waals surface area contributed by atoms with Gasteiger partial charge in [0.15, 0.2) is 0 Å². The Bertz CT molecular complexity index is 1370. The number of carbonyl (C=O) groups is 2. The van der Waals surface area contributed by atoms with Crippen LogP contribution in [-0.4, -0.2) is 68.5 Å². The number of rotatable bonds is 10. The van der Waals surface area contributed by atoms with Crippen molar-refractivity contribution in [3.8, 4) is 11.5 Å². The van der Waals surface area contributed by atoms with Crippen molar-refractivity contribution >= 4 is 17.5 Å². The van der Waals surface area contributed by atoms with Gasteiger partial charge in [0.1, 0.15) is 18.0 Å². The van der Waals surface area contributed by atoms with Gasteiger partial charge in [-0.15, -0.1) is 0 Å². The zero-order valence-electron chi connectivity index (χ0n) is 22.9. The zero-order valence-corrected chi connectivity index (χ0v) is 22.9. The van der Waals surface area contributed by atoms with Crippen molar-refractivity contribution in [2.24, 2.45) is 5.10 Å². The highest BCUT2D eigenvalue weighted by Crippen LogP contribution is 2.34. The lowest BCUT2D eigenvalue weighted by Gasteiger charge is -2.27. The molecule has 1 heterocycles. The van der Waals surface area contributed by atoms with Crippen molar-refractivity contribution in [3.63, 3.8) is 0 Å². The molecule has 0 saturated heterocycles. The van der Waals surface area contributed by atoms with Gasteiger partial charge < -0.3 is 19.1 Å². The van der Waals surface area contributed by atoms with E-state index in [0.717, 1.165) is 35.4 Å². The quantitative estimate of drug-likeness (QED) is 0.336. The van der Waals surface area contributed by atoms with Crippen molar-refractivity contribution in [2.75, 3.05) is 41.0 Å². The van der Waals surface area contributed by atoms with Gasteiger partial charge in [0.25, 0.3) is 11.8 Å². The number of hydrogen-bond donors (Lipinski definition) is 0. The number of alkyl halides is 3. The first kappa shape index (κ1) is 29.6. The summed E-state index contributed by atoms with van der Waals surface area (Å²) in [7, 11) is 4.59. The van der Waals surface area contributed by atoms with Crippen LogP contribution in [0.1, 0.15) is 39.5 Å². The summed E-state index contributed by atoms with van der Waals surface area (Å²) in [5.74, 6) is 0.297. The third-order valence-electron chi connectivity index (χ3n) is 6.73. The summed E-state index contributed by atoms with van der Waals surface area (Å²) in [5.41, 5.74) is 1.48. The number of carbonyl (C=O) groups excluding carboxylic acids is 2. The maximum Gasteiger partial charge on any atom is 0.416 e. The zero-order chi connectivity index (χ0) is 29.6. The van der Waals surface area contributed by atoms with E-state index in [1.165, 1.54) is 17.0 Å². The molecule has 3 aromatic rings. The first-order chi connectivity index (χ1) is 19.6. The Morgan fingerprint density at radius 2 is 1.49 bits per heavy atom. The fraction of sp³-hybridized carbons (Fsp3) is 0.300. The van der Waals surface area contributed by atoms with Crippen LogP contribution in [0.2, 0.25) is 0 Å². The molecule has 1 atom stereocenters. The highest BCUT2D eigenvalue weighted by molar-refractivity contribution is 6.04. The van der Waals surface area contributed by atoms with Crippen LogP contribution in [0.15, 0.2) is 77.9 Å². The average molecular weight is 570 g/mol. The molecule has 0 bridgehead atoms. The van der Waals surface area contributed by atoms with Crippen molar-refractivity contribution in [3.05, 3.63) is 95.1 Å². The van der Waals surface area contributed by atoms with E-state index in [9.17, 15) is 22.8 Å². The third-order valence-corrected chi connectivity index (χ3v) is 6.73. The van der Waals surface area contributed by atoms with Crippen LogP contribution < -0.4 is 9.47 Å². The second kappa shape index (κ2) is 12.9. The molecule has 4 rings (SSSR count). The molecule has 216 valence electrons. The minimum atomic E-state index is -4.53. The van der Waals surface area contributed by atoms with Crippen LogP contribution in [0.5, 0.6) is 11.5 Å². The van der Waals surface area contributed by atoms with Crippen molar-refractivity contribution < 1.29 is 37.0 Å². The Hall–Kier alpha value is -4.38. The first-order valence-corrected chi connectivity index (χ1v) is 12.8. The standard InChI is InChI=1S/C30H30F3N3O5/c1-39-17-16-35(29(38)22-4-10-23(11-5-22)30(31,32)33)19-28(37)36-27(21-8-14-25(41-3)15-9-21)18-26(34-36)20-6-12-24(40-2)13-7-20/h4-15,27H,16-19H2,1-3H3. The molecular weight excluding hydrogens is 539 g/mol. The lowest BCUT2D eigenvalue weighted by Crippen LogP contribution is -2.42. The van der Waals surface area contributed by atoms with Gasteiger partial charge in [-0.3, -0.25) is 9.59 Å². The molecule has 0 N–H and O–H groups in total. The second-order valence-electron chi connectivity index (χ2n) is 9.30. The summed E-state index contributed by atoms with van der Waals surface area (Å²) >= 11 is 0. The van der Waals surface area contributed by atoms with Gasteiger partial charge in [0, 0.05) is 25.6 Å². The summed E-state index contributed by atoms with van der Waals surface area (Å²) < 4.78 is 54.7. The van der Waals surface area contributed by atoms with E-state index in [1.807, 2.05) is 24.3 Å². The van der Waals surface area contributed by atoms with E-state index in [1.54, 1.807) is 38.5 Å². The number of amides is 2. The van der Waals surface area contributed by atoms with Gasteiger partial charge >= 0.3 is 6.18 Å². The predicted octanol–water partition coefficient (Wildman–Crippen LogP) is 5.19. The maximum absolute atomic E-state index is 13.7. The summed E-state index contributed by atoms with van der Waals surface area (Å²) in [5, 5.41) is 6.01. The lowest BCUT2D eigenvalue weighted by atomic mass is 9.98. The number of nitrogens with zero attached hydrogens (tertiary/aromatic N) is 3. The second-order valence-corrected chi connectivity index (χ2v) is 9.30. The Balaban J connectivity index is 1.61. The number of methoxy groups -OCH3 is 3. The molecule has 1 unspecified atom stereocenters. The molecule has 1 aliphatic heterocycles. The molecule has 0 radical (unpaired) electrons. The van der Waals surface area contributed by atoms with E-state index in [0.29, 0.717) is 23.6 Å². The first-order valence-electron chi connectivity index (χ1n) is 12.8. The summed E-state index contributed by atoms with van der Waals surface area (Å²) in [6.45, 7) is -0.171. The van der Waals surface area contributed by atoms with Crippen molar-refractivity contribution in [2.45, 2.75) is 18.6 Å². The van der Waals surface area contributed by atoms with Crippen LogP contribution in [0.3, 0.4) is 0 Å². The molecule has 0 saturated carbocycles. The third kappa shape index (κ3) is 7.04. The lowest BCUT2D eigenvalue weighted by molar-refractivity contribution is -0.137. The normalized spacial score (nSPS) is 14.9. The Morgan fingerprint density at radius 3 is 2.02 bits per heavy atom. The van der Waals surface area contributed by atoms with Gasteiger partial charge in [-0.2, -0.15) is 18.3 Å². The molecule has 0 spiro atoms. The van der Waals surface area contributed by atoms with Gasteiger partial charge in [-0.25, -0.2) is 5.01 Å². The van der Waals surface area contributed by atoms with Gasteiger partial charge in [0.2, 0.25) is 0 Å². The monoisotopic (exact) mass is 569 g/mol. The molecule has 1 aliphatic rings. The number of hydrogen-bond acceptors (Lipinski definition) is 6.